The van der Waals surface area contributed by atoms with E-state index < -0.39 is 0 Å². The second-order valence-electron chi connectivity index (χ2n) is 6.38. The van der Waals surface area contributed by atoms with Crippen LogP contribution in [0.4, 0.5) is 0 Å². The minimum absolute atomic E-state index is 0.225. The van der Waals surface area contributed by atoms with E-state index in [4.69, 9.17) is 28.4 Å². The van der Waals surface area contributed by atoms with E-state index in [-0.39, 0.29) is 18.9 Å². The third-order valence-corrected chi connectivity index (χ3v) is 4.85. The molecule has 0 bridgehead atoms. The molecule has 0 aromatic carbocycles. The number of ether oxygens (including phenoxy) is 6. The lowest BCUT2D eigenvalue weighted by atomic mass is 10.0. The molecule has 0 amide bonds. The van der Waals surface area contributed by atoms with Gasteiger partial charge in [0.1, 0.15) is 0 Å². The molecule has 0 N–H and O–H groups in total. The molecule has 6 nitrogen and oxygen atoms in total. The first-order valence-corrected chi connectivity index (χ1v) is 8.10. The van der Waals surface area contributed by atoms with Crippen LogP contribution in [0.5, 0.6) is 0 Å². The topological polar surface area (TPSA) is 55.4 Å². The molecule has 0 aliphatic carbocycles. The van der Waals surface area contributed by atoms with Crippen LogP contribution >= 0.6 is 0 Å². The van der Waals surface area contributed by atoms with Crippen LogP contribution in [0.3, 0.4) is 0 Å². The molecule has 0 spiro atoms. The Kier molecular flexibility index (Phi) is 4.43. The normalized spacial score (nSPS) is 48.0. The first-order chi connectivity index (χ1) is 10.4. The van der Waals surface area contributed by atoms with E-state index in [2.05, 4.69) is 0 Å². The standard InChI is InChI=1S/C15H24O6/c1-4-16-7-10(1)13-19-14(11-2-5-17-8-11)21-15(20-13)12-3-6-18-9-12/h10-15H,1-9H2/t10-,11-,12-,13?,14?,15?/m1/s1. The first kappa shape index (κ1) is 14.4. The van der Waals surface area contributed by atoms with E-state index in [0.717, 1.165) is 39.1 Å². The van der Waals surface area contributed by atoms with Crippen molar-refractivity contribution >= 4 is 0 Å². The molecule has 4 aliphatic rings. The van der Waals surface area contributed by atoms with Crippen LogP contribution in [-0.2, 0) is 28.4 Å². The molecule has 120 valence electrons. The van der Waals surface area contributed by atoms with E-state index in [0.29, 0.717) is 37.6 Å². The lowest BCUT2D eigenvalue weighted by molar-refractivity contribution is -0.412. The highest BCUT2D eigenvalue weighted by molar-refractivity contribution is 4.79. The number of hydrogen-bond donors (Lipinski definition) is 0. The molecule has 6 heteroatoms. The minimum Gasteiger partial charge on any atom is -0.381 e. The molecule has 4 rings (SSSR count). The Balaban J connectivity index is 1.45. The second kappa shape index (κ2) is 6.48. The zero-order valence-electron chi connectivity index (χ0n) is 12.3. The van der Waals surface area contributed by atoms with Gasteiger partial charge >= 0.3 is 0 Å². The molecular weight excluding hydrogens is 276 g/mol. The third-order valence-electron chi connectivity index (χ3n) is 4.85. The summed E-state index contributed by atoms with van der Waals surface area (Å²) in [7, 11) is 0. The van der Waals surface area contributed by atoms with Crippen LogP contribution in [0, 0.1) is 17.8 Å². The maximum Gasteiger partial charge on any atom is 0.168 e. The smallest absolute Gasteiger partial charge is 0.168 e. The summed E-state index contributed by atoms with van der Waals surface area (Å²) in [5, 5.41) is 0. The number of hydrogen-bond acceptors (Lipinski definition) is 6. The summed E-state index contributed by atoms with van der Waals surface area (Å²) in [6, 6.07) is 0. The fraction of sp³-hybridized carbons (Fsp3) is 1.00. The highest BCUT2D eigenvalue weighted by Crippen LogP contribution is 2.35. The summed E-state index contributed by atoms with van der Waals surface area (Å²) in [6.45, 7) is 4.53. The van der Waals surface area contributed by atoms with Crippen molar-refractivity contribution in [3.63, 3.8) is 0 Å². The lowest BCUT2D eigenvalue weighted by Gasteiger charge is -2.41. The summed E-state index contributed by atoms with van der Waals surface area (Å²) < 4.78 is 34.7. The molecule has 4 saturated heterocycles. The van der Waals surface area contributed by atoms with Gasteiger partial charge in [-0.2, -0.15) is 0 Å². The molecule has 0 aromatic heterocycles. The van der Waals surface area contributed by atoms with Gasteiger partial charge in [-0.3, -0.25) is 0 Å². The predicted molar refractivity (Wildman–Crippen MR) is 71.4 cm³/mol. The molecule has 0 saturated carbocycles. The lowest BCUT2D eigenvalue weighted by Crippen LogP contribution is -2.49. The van der Waals surface area contributed by atoms with Gasteiger partial charge in [0.05, 0.1) is 19.8 Å². The largest absolute Gasteiger partial charge is 0.381 e. The summed E-state index contributed by atoms with van der Waals surface area (Å²) >= 11 is 0. The molecule has 0 radical (unpaired) electrons. The van der Waals surface area contributed by atoms with Gasteiger partial charge in [-0.1, -0.05) is 0 Å². The van der Waals surface area contributed by atoms with Crippen LogP contribution in [0.2, 0.25) is 0 Å². The SMILES string of the molecule is C1C[C@@H](C2OC([C@@H]3CCOC3)OC([C@@H]3CCOC3)O2)CO1. The highest BCUT2D eigenvalue weighted by atomic mass is 16.9. The Morgan fingerprint density at radius 3 is 1.05 bits per heavy atom. The molecular formula is C15H24O6. The zero-order chi connectivity index (χ0) is 14.1. The van der Waals surface area contributed by atoms with Crippen LogP contribution < -0.4 is 0 Å². The fourth-order valence-electron chi connectivity index (χ4n) is 3.46. The van der Waals surface area contributed by atoms with Gasteiger partial charge in [-0.15, -0.1) is 0 Å². The highest BCUT2D eigenvalue weighted by Gasteiger charge is 2.44. The average Bonchev–Trinajstić information content (AvgIpc) is 3.29. The van der Waals surface area contributed by atoms with E-state index in [1.165, 1.54) is 0 Å². The van der Waals surface area contributed by atoms with Crippen molar-refractivity contribution in [3.8, 4) is 0 Å². The maximum atomic E-state index is 6.10. The Bertz CT molecular complexity index is 275. The summed E-state index contributed by atoms with van der Waals surface area (Å²) in [5.74, 6) is 0.927. The zero-order valence-corrected chi connectivity index (χ0v) is 12.3. The van der Waals surface area contributed by atoms with Crippen LogP contribution in [0.25, 0.3) is 0 Å². The molecule has 4 fully saturated rings. The summed E-state index contributed by atoms with van der Waals surface area (Å²) in [4.78, 5) is 0. The Labute approximate surface area is 125 Å². The third kappa shape index (κ3) is 3.11. The average molecular weight is 300 g/mol. The van der Waals surface area contributed by atoms with Gasteiger partial charge in [0.15, 0.2) is 18.9 Å². The van der Waals surface area contributed by atoms with Crippen molar-refractivity contribution in [2.75, 3.05) is 39.6 Å². The molecule has 0 aromatic rings. The van der Waals surface area contributed by atoms with E-state index >= 15 is 0 Å². The number of rotatable bonds is 3. The van der Waals surface area contributed by atoms with Crippen molar-refractivity contribution in [2.24, 2.45) is 17.8 Å². The van der Waals surface area contributed by atoms with Crippen LogP contribution in [-0.4, -0.2) is 58.5 Å². The van der Waals surface area contributed by atoms with Crippen molar-refractivity contribution in [1.82, 2.24) is 0 Å². The minimum atomic E-state index is -0.225. The van der Waals surface area contributed by atoms with Gasteiger partial charge in [0, 0.05) is 37.6 Å². The molecule has 3 atom stereocenters. The molecule has 21 heavy (non-hydrogen) atoms. The van der Waals surface area contributed by atoms with E-state index in [1.807, 2.05) is 0 Å². The van der Waals surface area contributed by atoms with Crippen molar-refractivity contribution in [1.29, 1.82) is 0 Å². The fourth-order valence-corrected chi connectivity index (χ4v) is 3.46. The molecule has 0 unspecified atom stereocenters. The van der Waals surface area contributed by atoms with Crippen LogP contribution in [0.1, 0.15) is 19.3 Å². The Morgan fingerprint density at radius 1 is 0.476 bits per heavy atom. The summed E-state index contributed by atoms with van der Waals surface area (Å²) in [5.41, 5.74) is 0. The Morgan fingerprint density at radius 2 is 0.810 bits per heavy atom. The Hall–Kier alpha value is -0.240. The van der Waals surface area contributed by atoms with E-state index in [1.54, 1.807) is 0 Å². The van der Waals surface area contributed by atoms with Crippen molar-refractivity contribution in [2.45, 2.75) is 38.1 Å². The van der Waals surface area contributed by atoms with Gasteiger partial charge in [-0.25, -0.2) is 0 Å². The maximum absolute atomic E-state index is 6.10. The monoisotopic (exact) mass is 300 g/mol. The van der Waals surface area contributed by atoms with Gasteiger partial charge < -0.3 is 28.4 Å². The van der Waals surface area contributed by atoms with Gasteiger partial charge in [0.2, 0.25) is 0 Å². The quantitative estimate of drug-likeness (QED) is 0.779. The predicted octanol–water partition coefficient (Wildman–Crippen LogP) is 1.14. The first-order valence-electron chi connectivity index (χ1n) is 8.10. The van der Waals surface area contributed by atoms with Gasteiger partial charge in [0.25, 0.3) is 0 Å². The van der Waals surface area contributed by atoms with Gasteiger partial charge in [-0.05, 0) is 19.3 Å². The summed E-state index contributed by atoms with van der Waals surface area (Å²) in [6.07, 6.45) is 2.30. The van der Waals surface area contributed by atoms with Crippen LogP contribution in [0.15, 0.2) is 0 Å². The van der Waals surface area contributed by atoms with Crippen molar-refractivity contribution in [3.05, 3.63) is 0 Å². The molecule has 4 heterocycles. The molecule has 4 aliphatic heterocycles. The second-order valence-corrected chi connectivity index (χ2v) is 6.38. The van der Waals surface area contributed by atoms with E-state index in [9.17, 15) is 0 Å². The van der Waals surface area contributed by atoms with Crippen molar-refractivity contribution < 1.29 is 28.4 Å².